The van der Waals surface area contributed by atoms with E-state index in [2.05, 4.69) is 54.8 Å². The number of benzene rings is 3. The Kier molecular flexibility index (Phi) is 14.3. The Morgan fingerprint density at radius 1 is 0.845 bits per heavy atom. The molecule has 0 radical (unpaired) electrons. The molecule has 0 saturated carbocycles. The Bertz CT molecular complexity index is 2910. The Morgan fingerprint density at radius 2 is 1.56 bits per heavy atom. The molecule has 4 aliphatic rings. The summed E-state index contributed by atoms with van der Waals surface area (Å²) in [6.45, 7) is 14.6. The number of pyridine rings is 1. The molecule has 3 N–H and O–H groups in total. The van der Waals surface area contributed by atoms with Crippen LogP contribution in [0.4, 0.5) is 47.7 Å². The van der Waals surface area contributed by atoms with Crippen molar-refractivity contribution in [3.8, 4) is 5.75 Å². The highest BCUT2D eigenvalue weighted by molar-refractivity contribution is 7.71. The van der Waals surface area contributed by atoms with Crippen molar-refractivity contribution in [3.63, 3.8) is 0 Å². The molecular formula is C52H62F3N10O5P. The molecule has 9 rings (SSSR count). The van der Waals surface area contributed by atoms with Gasteiger partial charge in [-0.1, -0.05) is 19.9 Å². The lowest BCUT2D eigenvalue weighted by molar-refractivity contribution is -0.137. The smallest absolute Gasteiger partial charge is 0.234 e. The Morgan fingerprint density at radius 3 is 2.23 bits per heavy atom. The van der Waals surface area contributed by atoms with Crippen LogP contribution in [0.3, 0.4) is 0 Å². The highest BCUT2D eigenvalue weighted by atomic mass is 31.2. The van der Waals surface area contributed by atoms with Gasteiger partial charge in [-0.3, -0.25) is 24.6 Å². The third kappa shape index (κ3) is 10.3. The molecule has 71 heavy (non-hydrogen) atoms. The summed E-state index contributed by atoms with van der Waals surface area (Å²) in [4.78, 5) is 60.2. The lowest BCUT2D eigenvalue weighted by Gasteiger charge is -2.44. The molecule has 15 nitrogen and oxygen atoms in total. The van der Waals surface area contributed by atoms with Crippen molar-refractivity contribution in [3.05, 3.63) is 88.5 Å². The molecule has 0 unspecified atom stereocenters. The number of methoxy groups -OCH3 is 1. The van der Waals surface area contributed by atoms with Crippen molar-refractivity contribution in [2.75, 3.05) is 93.2 Å². The molecule has 3 aromatic carbocycles. The van der Waals surface area contributed by atoms with Gasteiger partial charge in [-0.05, 0) is 88.6 Å². The molecule has 3 amide bonds. The molecule has 0 bridgehead atoms. The number of hydrogen-bond acceptors (Lipinski definition) is 13. The Labute approximate surface area is 412 Å². The number of aromatic nitrogens is 3. The third-order valence-electron chi connectivity index (χ3n) is 14.6. The number of nitrogens with one attached hydrogen (secondary N) is 3. The van der Waals surface area contributed by atoms with Gasteiger partial charge in [-0.2, -0.15) is 4.98 Å². The number of hydrogen-bond donors (Lipinski definition) is 3. The van der Waals surface area contributed by atoms with E-state index in [9.17, 15) is 18.9 Å². The first-order chi connectivity index (χ1) is 34.0. The van der Waals surface area contributed by atoms with Crippen LogP contribution < -0.4 is 35.8 Å². The molecule has 19 heteroatoms. The second-order valence-electron chi connectivity index (χ2n) is 19.5. The average Bonchev–Trinajstić information content (AvgIpc) is 3.85. The van der Waals surface area contributed by atoms with Crippen molar-refractivity contribution >= 4 is 75.6 Å². The molecule has 4 saturated heterocycles. The van der Waals surface area contributed by atoms with Crippen LogP contribution in [0.2, 0.25) is 0 Å². The average molecular weight is 995 g/mol. The van der Waals surface area contributed by atoms with Crippen LogP contribution >= 0.6 is 7.14 Å². The number of nitrogens with zero attached hydrogens (tertiary/aromatic N) is 7. The summed E-state index contributed by atoms with van der Waals surface area (Å²) in [5.74, 6) is -3.24. The molecule has 4 fully saturated rings. The van der Waals surface area contributed by atoms with Gasteiger partial charge in [-0.25, -0.2) is 23.1 Å². The number of rotatable bonds is 13. The molecular weight excluding hydrogens is 933 g/mol. The van der Waals surface area contributed by atoms with Gasteiger partial charge in [0.1, 0.15) is 35.9 Å². The topological polar surface area (TPSA) is 165 Å². The van der Waals surface area contributed by atoms with Gasteiger partial charge in [0, 0.05) is 122 Å². The van der Waals surface area contributed by atoms with E-state index in [0.29, 0.717) is 95.9 Å². The van der Waals surface area contributed by atoms with Gasteiger partial charge in [0.2, 0.25) is 23.7 Å². The number of ether oxygens (including phenoxy) is 1. The fourth-order valence-corrected chi connectivity index (χ4v) is 12.2. The summed E-state index contributed by atoms with van der Waals surface area (Å²) in [7, 11) is -1.30. The highest BCUT2D eigenvalue weighted by Gasteiger charge is 2.37. The lowest BCUT2D eigenvalue weighted by atomic mass is 9.89. The number of carbonyl (C=O) groups excluding carboxylic acids is 3. The second-order valence-corrected chi connectivity index (χ2v) is 22.7. The van der Waals surface area contributed by atoms with Crippen LogP contribution in [-0.4, -0.2) is 121 Å². The molecule has 376 valence electrons. The predicted octanol–water partition coefficient (Wildman–Crippen LogP) is 7.78. The van der Waals surface area contributed by atoms with Crippen molar-refractivity contribution in [1.29, 1.82) is 0 Å². The van der Waals surface area contributed by atoms with E-state index in [1.54, 1.807) is 32.7 Å². The van der Waals surface area contributed by atoms with E-state index < -0.39 is 42.3 Å². The van der Waals surface area contributed by atoms with Crippen LogP contribution in [-0.2, 0) is 31.8 Å². The van der Waals surface area contributed by atoms with Gasteiger partial charge in [0.15, 0.2) is 5.82 Å². The van der Waals surface area contributed by atoms with Gasteiger partial charge < -0.3 is 34.6 Å². The second kappa shape index (κ2) is 20.5. The monoisotopic (exact) mass is 994 g/mol. The number of anilines is 6. The van der Waals surface area contributed by atoms with Gasteiger partial charge in [0.05, 0.1) is 30.3 Å². The first-order valence-corrected chi connectivity index (χ1v) is 27.2. The summed E-state index contributed by atoms with van der Waals surface area (Å²) >= 11 is 0. The summed E-state index contributed by atoms with van der Waals surface area (Å²) in [5.41, 5.74) is 4.96. The largest absolute Gasteiger partial charge is 0.494 e. The number of fused-ring (bicyclic) bond motifs is 1. The van der Waals surface area contributed by atoms with Gasteiger partial charge in [0.25, 0.3) is 0 Å². The van der Waals surface area contributed by atoms with Crippen LogP contribution in [0.15, 0.2) is 48.7 Å². The minimum Gasteiger partial charge on any atom is -0.494 e. The summed E-state index contributed by atoms with van der Waals surface area (Å²) < 4.78 is 65.9. The molecule has 2 aromatic heterocycles. The maximum atomic E-state index is 15.6. The fourth-order valence-electron chi connectivity index (χ4n) is 10.8. The summed E-state index contributed by atoms with van der Waals surface area (Å²) in [6.07, 6.45) is 5.67. The van der Waals surface area contributed by atoms with Crippen molar-refractivity contribution in [1.82, 2.24) is 30.1 Å². The van der Waals surface area contributed by atoms with Crippen LogP contribution in [0.5, 0.6) is 5.75 Å². The molecule has 5 aromatic rings. The first kappa shape index (κ1) is 49.7. The molecule has 6 heterocycles. The number of piperidine rings is 2. The number of piperazine rings is 1. The van der Waals surface area contributed by atoms with Crippen molar-refractivity contribution in [2.45, 2.75) is 77.7 Å². The Balaban J connectivity index is 0.804. The quantitative estimate of drug-likeness (QED) is 0.0775. The standard InChI is InChI=1S/C52H62F3N10O5P/c1-7-31-23-41(59-52-56-28-30(3)49(61-52)58-42-26-40(55)47-37(48(42)71(5,6)69)10-9-33(8-2)57-47)44(70-4)27-43(31)63-17-14-34(15-18-63)62-19-21-64(22-20-62)51(68)32-13-16-65(29-32)35-24-38(53)46(39(54)25-35)36-11-12-45(66)60-50(36)67/h9-10,23-28,32,34,36H,7-8,11-22,29H2,1-6H3,(H,60,66,67)(H2,56,58,59,61)/t32-,36-/m1/s1. The minimum atomic E-state index is -2.93. The molecule has 2 atom stereocenters. The van der Waals surface area contributed by atoms with E-state index in [-0.39, 0.29) is 35.7 Å². The van der Waals surface area contributed by atoms with E-state index in [1.165, 1.54) is 18.2 Å². The zero-order valence-electron chi connectivity index (χ0n) is 41.2. The molecule has 0 spiro atoms. The Hall–Kier alpha value is -6.26. The summed E-state index contributed by atoms with van der Waals surface area (Å²) in [5, 5.41) is 9.82. The zero-order chi connectivity index (χ0) is 50.3. The first-order valence-electron chi connectivity index (χ1n) is 24.6. The molecule has 0 aliphatic carbocycles. The third-order valence-corrected chi connectivity index (χ3v) is 16.2. The van der Waals surface area contributed by atoms with Gasteiger partial charge in [-0.15, -0.1) is 0 Å². The predicted molar refractivity (Wildman–Crippen MR) is 271 cm³/mol. The van der Waals surface area contributed by atoms with Crippen molar-refractivity contribution in [2.24, 2.45) is 5.92 Å². The van der Waals surface area contributed by atoms with Crippen LogP contribution in [0.25, 0.3) is 10.9 Å². The number of halogens is 3. The molecule has 4 aliphatic heterocycles. The lowest BCUT2D eigenvalue weighted by Crippen LogP contribution is -2.55. The van der Waals surface area contributed by atoms with E-state index in [4.69, 9.17) is 9.72 Å². The van der Waals surface area contributed by atoms with E-state index in [1.807, 2.05) is 29.7 Å². The maximum absolute atomic E-state index is 15.6. The zero-order valence-corrected chi connectivity index (χ0v) is 42.1. The van der Waals surface area contributed by atoms with Crippen molar-refractivity contribution < 1.29 is 36.9 Å². The summed E-state index contributed by atoms with van der Waals surface area (Å²) in [6, 6.07) is 12.0. The minimum absolute atomic E-state index is 0.0211. The normalized spacial score (nSPS) is 19.4. The maximum Gasteiger partial charge on any atom is 0.234 e. The van der Waals surface area contributed by atoms with E-state index in [0.717, 1.165) is 62.4 Å². The number of amides is 3. The highest BCUT2D eigenvalue weighted by Crippen LogP contribution is 2.43. The van der Waals surface area contributed by atoms with E-state index >= 15 is 13.2 Å². The van der Waals surface area contributed by atoms with Gasteiger partial charge >= 0.3 is 0 Å². The van der Waals surface area contributed by atoms with Crippen LogP contribution in [0.1, 0.15) is 74.3 Å². The SMILES string of the molecule is CCc1ccc2c(P(C)(C)=O)c(Nc3nc(Nc4cc(CC)c(N5CCC(N6CCN(C(=O)[C@@H]7CCN(c8cc(F)c([C@H]9CCC(=O)NC9=O)c(F)c8)C7)CC6)CC5)cc4OC)ncc3C)cc(F)c2n1. The fraction of sp³-hybridized carbons (Fsp3) is 0.462. The van der Waals surface area contributed by atoms with Crippen LogP contribution in [0, 0.1) is 30.3 Å². The number of aryl methyl sites for hydroxylation is 3. The number of imide groups is 1. The number of carbonyl (C=O) groups is 3.